The summed E-state index contributed by atoms with van der Waals surface area (Å²) in [4.78, 5) is 0. The molecule has 0 saturated heterocycles. The highest BCUT2D eigenvalue weighted by molar-refractivity contribution is 7.88. The van der Waals surface area contributed by atoms with Crippen molar-refractivity contribution in [2.24, 2.45) is 0 Å². The molecule has 0 aromatic heterocycles. The number of hydrogen-bond acceptors (Lipinski definition) is 3. The van der Waals surface area contributed by atoms with Crippen LogP contribution in [0.1, 0.15) is 18.9 Å². The summed E-state index contributed by atoms with van der Waals surface area (Å²) in [5.41, 5.74) is 1.17. The molecular weight excluding hydrogens is 238 g/mol. The van der Waals surface area contributed by atoms with Gasteiger partial charge in [0.2, 0.25) is 10.0 Å². The minimum Gasteiger partial charge on any atom is -0.497 e. The number of nitrogens with one attached hydrogen (secondary N) is 1. The fourth-order valence-electron chi connectivity index (χ4n) is 1.60. The van der Waals surface area contributed by atoms with Crippen LogP contribution in [-0.2, 0) is 16.4 Å². The molecule has 0 radical (unpaired) electrons. The number of sulfonamides is 1. The zero-order valence-corrected chi connectivity index (χ0v) is 11.3. The van der Waals surface area contributed by atoms with Gasteiger partial charge in [0, 0.05) is 6.04 Å². The van der Waals surface area contributed by atoms with Gasteiger partial charge in [-0.3, -0.25) is 0 Å². The molecule has 1 rings (SSSR count). The summed E-state index contributed by atoms with van der Waals surface area (Å²) < 4.78 is 29.6. The van der Waals surface area contributed by atoms with Crippen molar-refractivity contribution < 1.29 is 13.2 Å². The first kappa shape index (κ1) is 14.0. The summed E-state index contributed by atoms with van der Waals surface area (Å²) >= 11 is 0. The van der Waals surface area contributed by atoms with Gasteiger partial charge < -0.3 is 4.74 Å². The average molecular weight is 257 g/mol. The lowest BCUT2D eigenvalue weighted by Gasteiger charge is -2.12. The van der Waals surface area contributed by atoms with Crippen LogP contribution < -0.4 is 9.46 Å². The highest BCUT2D eigenvalue weighted by atomic mass is 32.2. The lowest BCUT2D eigenvalue weighted by molar-refractivity contribution is 0.414. The molecule has 0 unspecified atom stereocenters. The smallest absolute Gasteiger partial charge is 0.208 e. The molecule has 1 N–H and O–H groups in total. The van der Waals surface area contributed by atoms with Crippen LogP contribution in [0.2, 0.25) is 0 Å². The molecule has 0 bridgehead atoms. The Morgan fingerprint density at radius 1 is 1.29 bits per heavy atom. The first-order chi connectivity index (χ1) is 7.90. The second-order valence-corrected chi connectivity index (χ2v) is 5.96. The van der Waals surface area contributed by atoms with Crippen LogP contribution in [0.3, 0.4) is 0 Å². The van der Waals surface area contributed by atoms with Gasteiger partial charge in [0.1, 0.15) is 5.75 Å². The van der Waals surface area contributed by atoms with E-state index < -0.39 is 10.0 Å². The predicted octanol–water partition coefficient (Wildman–Crippen LogP) is 1.57. The van der Waals surface area contributed by atoms with Crippen molar-refractivity contribution in [3.8, 4) is 5.75 Å². The Morgan fingerprint density at radius 3 is 2.35 bits per heavy atom. The van der Waals surface area contributed by atoms with E-state index in [1.54, 1.807) is 7.11 Å². The number of methoxy groups -OCH3 is 1. The number of aryl methyl sites for hydroxylation is 1. The second-order valence-electron chi connectivity index (χ2n) is 4.18. The van der Waals surface area contributed by atoms with Gasteiger partial charge in [-0.05, 0) is 37.5 Å². The average Bonchev–Trinajstić information content (AvgIpc) is 2.25. The summed E-state index contributed by atoms with van der Waals surface area (Å²) in [6.45, 7) is 1.87. The quantitative estimate of drug-likeness (QED) is 0.841. The molecule has 17 heavy (non-hydrogen) atoms. The molecular formula is C12H19NO3S. The third-order valence-corrected chi connectivity index (χ3v) is 3.27. The molecule has 5 heteroatoms. The van der Waals surface area contributed by atoms with Crippen LogP contribution in [0.25, 0.3) is 0 Å². The van der Waals surface area contributed by atoms with Crippen molar-refractivity contribution in [2.75, 3.05) is 13.4 Å². The molecule has 0 heterocycles. The molecule has 96 valence electrons. The Hall–Kier alpha value is -1.07. The second kappa shape index (κ2) is 6.02. The predicted molar refractivity (Wildman–Crippen MR) is 68.8 cm³/mol. The summed E-state index contributed by atoms with van der Waals surface area (Å²) in [5.74, 6) is 0.830. The molecule has 0 amide bonds. The van der Waals surface area contributed by atoms with Crippen molar-refractivity contribution in [1.82, 2.24) is 4.72 Å². The summed E-state index contributed by atoms with van der Waals surface area (Å²) in [5, 5.41) is 0. The zero-order valence-electron chi connectivity index (χ0n) is 10.4. The Balaban J connectivity index is 2.44. The minimum absolute atomic E-state index is 0.0490. The van der Waals surface area contributed by atoms with Crippen molar-refractivity contribution in [2.45, 2.75) is 25.8 Å². The van der Waals surface area contributed by atoms with E-state index in [9.17, 15) is 8.42 Å². The molecule has 1 aromatic carbocycles. The Morgan fingerprint density at radius 2 is 1.88 bits per heavy atom. The molecule has 1 atom stereocenters. The first-order valence-electron chi connectivity index (χ1n) is 5.51. The van der Waals surface area contributed by atoms with E-state index in [1.807, 2.05) is 31.2 Å². The maximum atomic E-state index is 11.0. The highest BCUT2D eigenvalue weighted by Crippen LogP contribution is 2.13. The van der Waals surface area contributed by atoms with Gasteiger partial charge in [-0.15, -0.1) is 0 Å². The van der Waals surface area contributed by atoms with Crippen LogP contribution in [0.5, 0.6) is 5.75 Å². The number of ether oxygens (including phenoxy) is 1. The fourth-order valence-corrected chi connectivity index (χ4v) is 2.45. The summed E-state index contributed by atoms with van der Waals surface area (Å²) in [6, 6.07) is 7.75. The van der Waals surface area contributed by atoms with Gasteiger partial charge in [-0.25, -0.2) is 13.1 Å². The van der Waals surface area contributed by atoms with Crippen molar-refractivity contribution in [3.63, 3.8) is 0 Å². The Bertz CT molecular complexity index is 439. The molecule has 0 aliphatic heterocycles. The van der Waals surface area contributed by atoms with E-state index in [0.717, 1.165) is 18.6 Å². The SMILES string of the molecule is COc1ccc(CC[C@@H](C)NS(C)(=O)=O)cc1. The van der Waals surface area contributed by atoms with Gasteiger partial charge in [-0.2, -0.15) is 0 Å². The maximum Gasteiger partial charge on any atom is 0.208 e. The summed E-state index contributed by atoms with van der Waals surface area (Å²) in [7, 11) is -1.48. The summed E-state index contributed by atoms with van der Waals surface area (Å²) in [6.07, 6.45) is 2.80. The third kappa shape index (κ3) is 5.70. The van der Waals surface area contributed by atoms with Crippen LogP contribution in [0.15, 0.2) is 24.3 Å². The molecule has 0 aliphatic rings. The molecule has 0 saturated carbocycles. The van der Waals surface area contributed by atoms with Crippen molar-refractivity contribution in [1.29, 1.82) is 0 Å². The fraction of sp³-hybridized carbons (Fsp3) is 0.500. The van der Waals surface area contributed by atoms with Crippen LogP contribution >= 0.6 is 0 Å². The normalized spacial score (nSPS) is 13.4. The maximum absolute atomic E-state index is 11.0. The van der Waals surface area contributed by atoms with E-state index >= 15 is 0 Å². The van der Waals surface area contributed by atoms with Gasteiger partial charge in [0.25, 0.3) is 0 Å². The first-order valence-corrected chi connectivity index (χ1v) is 7.40. The Labute approximate surface area is 103 Å². The number of benzene rings is 1. The van der Waals surface area contributed by atoms with Gasteiger partial charge in [0.05, 0.1) is 13.4 Å². The standard InChI is InChI=1S/C12H19NO3S/c1-10(13-17(3,14)15)4-5-11-6-8-12(16-2)9-7-11/h6-10,13H,4-5H2,1-3H3/t10-/m1/s1. The molecule has 4 nitrogen and oxygen atoms in total. The third-order valence-electron chi connectivity index (χ3n) is 2.44. The number of rotatable bonds is 6. The lowest BCUT2D eigenvalue weighted by Crippen LogP contribution is -2.31. The lowest BCUT2D eigenvalue weighted by atomic mass is 10.1. The number of hydrogen-bond donors (Lipinski definition) is 1. The molecule has 0 fully saturated rings. The van der Waals surface area contributed by atoms with E-state index in [1.165, 1.54) is 11.8 Å². The highest BCUT2D eigenvalue weighted by Gasteiger charge is 2.08. The van der Waals surface area contributed by atoms with Gasteiger partial charge in [-0.1, -0.05) is 12.1 Å². The van der Waals surface area contributed by atoms with Crippen LogP contribution in [0.4, 0.5) is 0 Å². The van der Waals surface area contributed by atoms with Crippen molar-refractivity contribution in [3.05, 3.63) is 29.8 Å². The minimum atomic E-state index is -3.11. The molecule has 1 aromatic rings. The molecule has 0 aliphatic carbocycles. The topological polar surface area (TPSA) is 55.4 Å². The monoisotopic (exact) mass is 257 g/mol. The van der Waals surface area contributed by atoms with Crippen molar-refractivity contribution >= 4 is 10.0 Å². The zero-order chi connectivity index (χ0) is 12.9. The molecule has 0 spiro atoms. The Kier molecular flexibility index (Phi) is 4.96. The van der Waals surface area contributed by atoms with E-state index in [0.29, 0.717) is 0 Å². The van der Waals surface area contributed by atoms with Crippen LogP contribution in [0, 0.1) is 0 Å². The van der Waals surface area contributed by atoms with Gasteiger partial charge in [0.15, 0.2) is 0 Å². The van der Waals surface area contributed by atoms with Crippen LogP contribution in [-0.4, -0.2) is 27.8 Å². The largest absolute Gasteiger partial charge is 0.497 e. The van der Waals surface area contributed by atoms with Gasteiger partial charge >= 0.3 is 0 Å². The van der Waals surface area contributed by atoms with E-state index in [2.05, 4.69) is 4.72 Å². The van der Waals surface area contributed by atoms with E-state index in [4.69, 9.17) is 4.74 Å². The van der Waals surface area contributed by atoms with E-state index in [-0.39, 0.29) is 6.04 Å².